The van der Waals surface area contributed by atoms with E-state index in [-0.39, 0.29) is 18.8 Å². The zero-order valence-electron chi connectivity index (χ0n) is 17.3. The molecule has 1 N–H and O–H groups in total. The summed E-state index contributed by atoms with van der Waals surface area (Å²) < 4.78 is 13.4. The first kappa shape index (κ1) is 19.9. The number of likely N-dealkylation sites (tertiary alicyclic amines) is 1. The molecule has 1 fully saturated rings. The molecule has 1 aliphatic heterocycles. The molecule has 1 atom stereocenters. The second-order valence-electron chi connectivity index (χ2n) is 8.09. The quantitative estimate of drug-likeness (QED) is 0.635. The van der Waals surface area contributed by atoms with E-state index in [1.165, 1.54) is 0 Å². The van der Waals surface area contributed by atoms with Gasteiger partial charge in [0.25, 0.3) is 0 Å². The van der Waals surface area contributed by atoms with E-state index in [0.717, 1.165) is 40.9 Å². The van der Waals surface area contributed by atoms with Gasteiger partial charge in [-0.25, -0.2) is 0 Å². The van der Waals surface area contributed by atoms with Gasteiger partial charge in [0.05, 0.1) is 17.9 Å². The van der Waals surface area contributed by atoms with Crippen LogP contribution in [0.3, 0.4) is 0 Å². The number of nitrogens with zero attached hydrogens (tertiary/aromatic N) is 3. The average Bonchev–Trinajstić information content (AvgIpc) is 3.10. The molecule has 1 aromatic heterocycles. The van der Waals surface area contributed by atoms with Crippen molar-refractivity contribution in [3.63, 3.8) is 0 Å². The smallest absolute Gasteiger partial charge is 0.120 e. The van der Waals surface area contributed by atoms with E-state index >= 15 is 0 Å². The Bertz CT molecular complexity index is 963. The molecule has 2 aromatic carbocycles. The molecular weight excluding hydrogens is 366 g/mol. The van der Waals surface area contributed by atoms with E-state index in [0.29, 0.717) is 6.54 Å². The Morgan fingerprint density at radius 3 is 2.62 bits per heavy atom. The summed E-state index contributed by atoms with van der Waals surface area (Å²) >= 11 is 0. The van der Waals surface area contributed by atoms with Gasteiger partial charge in [0, 0.05) is 38.4 Å². The van der Waals surface area contributed by atoms with Gasteiger partial charge in [0.1, 0.15) is 18.5 Å². The molecule has 6 heteroatoms. The normalized spacial score (nSPS) is 16.3. The highest BCUT2D eigenvalue weighted by atomic mass is 16.5. The first-order chi connectivity index (χ1) is 14.0. The second-order valence-corrected chi connectivity index (χ2v) is 8.09. The number of aliphatic hydroxyl groups excluding tert-OH is 1. The van der Waals surface area contributed by atoms with E-state index in [9.17, 15) is 5.11 Å². The average molecular weight is 396 g/mol. The third kappa shape index (κ3) is 4.96. The van der Waals surface area contributed by atoms with E-state index < -0.39 is 6.10 Å². The van der Waals surface area contributed by atoms with Crippen LogP contribution in [0.25, 0.3) is 22.0 Å². The van der Waals surface area contributed by atoms with Gasteiger partial charge in [-0.15, -0.1) is 0 Å². The fourth-order valence-corrected chi connectivity index (χ4v) is 3.73. The van der Waals surface area contributed by atoms with E-state index in [2.05, 4.69) is 28.2 Å². The summed E-state index contributed by atoms with van der Waals surface area (Å²) in [6.07, 6.45) is 1.96. The van der Waals surface area contributed by atoms with Crippen LogP contribution in [0.1, 0.15) is 13.8 Å². The molecule has 3 aromatic rings. The maximum absolute atomic E-state index is 10.3. The standard InChI is InChI=1S/C23H29N3O3/c1-16(2)29-22-13-26(14-22)12-20(27)15-28-21-7-6-17-4-5-18(10-19(17)11-21)23-8-9-25(3)24-23/h4-11,16,20,22,27H,12-15H2,1-3H3. The summed E-state index contributed by atoms with van der Waals surface area (Å²) in [5, 5.41) is 17.0. The van der Waals surface area contributed by atoms with E-state index in [1.54, 1.807) is 4.68 Å². The number of aromatic nitrogens is 2. The molecule has 1 saturated heterocycles. The van der Waals surface area contributed by atoms with Crippen LogP contribution in [-0.4, -0.2) is 64.3 Å². The van der Waals surface area contributed by atoms with Crippen LogP contribution in [0.2, 0.25) is 0 Å². The number of rotatable bonds is 8. The molecule has 29 heavy (non-hydrogen) atoms. The van der Waals surface area contributed by atoms with Crippen molar-refractivity contribution in [2.45, 2.75) is 32.2 Å². The molecule has 0 spiro atoms. The lowest BCUT2D eigenvalue weighted by atomic mass is 10.0. The van der Waals surface area contributed by atoms with Crippen LogP contribution in [-0.2, 0) is 11.8 Å². The molecule has 2 heterocycles. The van der Waals surface area contributed by atoms with Crippen molar-refractivity contribution in [3.05, 3.63) is 48.7 Å². The molecule has 154 valence electrons. The summed E-state index contributed by atoms with van der Waals surface area (Å²) in [5.41, 5.74) is 2.02. The topological polar surface area (TPSA) is 59.8 Å². The third-order valence-corrected chi connectivity index (χ3v) is 5.12. The van der Waals surface area contributed by atoms with Crippen molar-refractivity contribution < 1.29 is 14.6 Å². The summed E-state index contributed by atoms with van der Waals surface area (Å²) in [4.78, 5) is 2.20. The molecule has 6 nitrogen and oxygen atoms in total. The summed E-state index contributed by atoms with van der Waals surface area (Å²) in [6.45, 7) is 6.73. The molecule has 4 rings (SSSR count). The summed E-state index contributed by atoms with van der Waals surface area (Å²) in [7, 11) is 1.92. The monoisotopic (exact) mass is 395 g/mol. The Morgan fingerprint density at radius 1 is 1.10 bits per heavy atom. The number of aryl methyl sites for hydroxylation is 1. The molecule has 0 amide bonds. The van der Waals surface area contributed by atoms with Crippen LogP contribution in [0.4, 0.5) is 0 Å². The molecule has 1 aliphatic rings. The van der Waals surface area contributed by atoms with Crippen molar-refractivity contribution in [3.8, 4) is 17.0 Å². The Balaban J connectivity index is 1.33. The van der Waals surface area contributed by atoms with Crippen LogP contribution in [0.15, 0.2) is 48.7 Å². The molecule has 0 aliphatic carbocycles. The van der Waals surface area contributed by atoms with E-state index in [1.807, 2.05) is 51.4 Å². The number of hydrogen-bond acceptors (Lipinski definition) is 5. The Morgan fingerprint density at radius 2 is 1.90 bits per heavy atom. The van der Waals surface area contributed by atoms with Crippen molar-refractivity contribution in [2.75, 3.05) is 26.2 Å². The fraction of sp³-hybridized carbons (Fsp3) is 0.435. The van der Waals surface area contributed by atoms with Crippen molar-refractivity contribution >= 4 is 10.8 Å². The molecular formula is C23H29N3O3. The molecule has 0 bridgehead atoms. The maximum atomic E-state index is 10.3. The Kier molecular flexibility index (Phi) is 5.85. The highest BCUT2D eigenvalue weighted by Crippen LogP contribution is 2.26. The van der Waals surface area contributed by atoms with Gasteiger partial charge in [-0.05, 0) is 48.9 Å². The van der Waals surface area contributed by atoms with Gasteiger partial charge in [0.2, 0.25) is 0 Å². The predicted octanol–water partition coefficient (Wildman–Crippen LogP) is 3.09. The highest BCUT2D eigenvalue weighted by molar-refractivity contribution is 5.87. The fourth-order valence-electron chi connectivity index (χ4n) is 3.73. The lowest BCUT2D eigenvalue weighted by Gasteiger charge is -2.40. The predicted molar refractivity (Wildman–Crippen MR) is 114 cm³/mol. The van der Waals surface area contributed by atoms with Crippen LogP contribution < -0.4 is 4.74 Å². The van der Waals surface area contributed by atoms with Gasteiger partial charge in [-0.3, -0.25) is 9.58 Å². The van der Waals surface area contributed by atoms with Crippen molar-refractivity contribution in [1.29, 1.82) is 0 Å². The largest absolute Gasteiger partial charge is 0.491 e. The van der Waals surface area contributed by atoms with Crippen LogP contribution in [0.5, 0.6) is 5.75 Å². The second kappa shape index (κ2) is 8.53. The minimum absolute atomic E-state index is 0.251. The summed E-state index contributed by atoms with van der Waals surface area (Å²) in [5.74, 6) is 0.763. The number of hydrogen-bond donors (Lipinski definition) is 1. The minimum Gasteiger partial charge on any atom is -0.491 e. The van der Waals surface area contributed by atoms with Gasteiger partial charge < -0.3 is 14.6 Å². The van der Waals surface area contributed by atoms with Gasteiger partial charge in [-0.1, -0.05) is 18.2 Å². The zero-order valence-corrected chi connectivity index (χ0v) is 17.3. The Hall–Kier alpha value is -2.41. The first-order valence-electron chi connectivity index (χ1n) is 10.2. The van der Waals surface area contributed by atoms with Gasteiger partial charge >= 0.3 is 0 Å². The number of benzene rings is 2. The summed E-state index contributed by atoms with van der Waals surface area (Å²) in [6, 6.07) is 14.3. The molecule has 0 radical (unpaired) electrons. The number of β-amino-alcohol motifs (C(OH)–C–C–N with tert-alkyl or cyclic N) is 1. The maximum Gasteiger partial charge on any atom is 0.120 e. The van der Waals surface area contributed by atoms with E-state index in [4.69, 9.17) is 9.47 Å². The van der Waals surface area contributed by atoms with Gasteiger partial charge in [-0.2, -0.15) is 5.10 Å². The number of aliphatic hydroxyl groups is 1. The van der Waals surface area contributed by atoms with Gasteiger partial charge in [0.15, 0.2) is 0 Å². The molecule has 0 saturated carbocycles. The molecule has 1 unspecified atom stereocenters. The first-order valence-corrected chi connectivity index (χ1v) is 10.2. The number of ether oxygens (including phenoxy) is 2. The minimum atomic E-state index is -0.523. The lowest BCUT2D eigenvalue weighted by molar-refractivity contribution is -0.0920. The van der Waals surface area contributed by atoms with Crippen molar-refractivity contribution in [1.82, 2.24) is 14.7 Å². The highest BCUT2D eigenvalue weighted by Gasteiger charge is 2.29. The van der Waals surface area contributed by atoms with Crippen molar-refractivity contribution in [2.24, 2.45) is 7.05 Å². The van der Waals surface area contributed by atoms with Crippen LogP contribution >= 0.6 is 0 Å². The Labute approximate surface area is 171 Å². The SMILES string of the molecule is CC(C)OC1CN(CC(O)COc2ccc3ccc(-c4ccn(C)n4)cc3c2)C1. The lowest BCUT2D eigenvalue weighted by Crippen LogP contribution is -2.55. The zero-order chi connectivity index (χ0) is 20.4. The third-order valence-electron chi connectivity index (χ3n) is 5.12. The van der Waals surface area contributed by atoms with Crippen LogP contribution in [0, 0.1) is 0 Å². The number of fused-ring (bicyclic) bond motifs is 1.